The van der Waals surface area contributed by atoms with Crippen LogP contribution in [0.1, 0.15) is 16.7 Å². The Morgan fingerprint density at radius 1 is 1.10 bits per heavy atom. The Kier molecular flexibility index (Phi) is 5.15. The monoisotopic (exact) mass is 409 g/mol. The SMILES string of the molecule is Cc1cc(N2CC[NH+](CC=Cc3ccccc3)CC2)[n+]2c([nH]c3ccccc32)c1C#N. The van der Waals surface area contributed by atoms with Crippen molar-refractivity contribution >= 4 is 28.6 Å². The largest absolute Gasteiger partial charge is 0.326 e. The molecule has 0 atom stereocenters. The maximum Gasteiger partial charge on any atom is 0.250 e. The highest BCUT2D eigenvalue weighted by molar-refractivity contribution is 5.77. The van der Waals surface area contributed by atoms with Gasteiger partial charge in [-0.05, 0) is 36.3 Å². The van der Waals surface area contributed by atoms with Crippen LogP contribution >= 0.6 is 0 Å². The van der Waals surface area contributed by atoms with Gasteiger partial charge in [0.05, 0.1) is 6.54 Å². The van der Waals surface area contributed by atoms with Crippen LogP contribution in [0.3, 0.4) is 0 Å². The molecule has 1 aliphatic heterocycles. The zero-order chi connectivity index (χ0) is 21.2. The summed E-state index contributed by atoms with van der Waals surface area (Å²) in [7, 11) is 0. The van der Waals surface area contributed by atoms with E-state index in [0.717, 1.165) is 60.5 Å². The summed E-state index contributed by atoms with van der Waals surface area (Å²) in [5.74, 6) is 1.17. The highest BCUT2D eigenvalue weighted by atomic mass is 15.3. The number of aromatic amines is 1. The van der Waals surface area contributed by atoms with Crippen LogP contribution in [0.4, 0.5) is 5.82 Å². The van der Waals surface area contributed by atoms with Crippen LogP contribution in [-0.4, -0.2) is 37.7 Å². The zero-order valence-electron chi connectivity index (χ0n) is 17.8. The number of hydrogen-bond acceptors (Lipinski definition) is 2. The lowest BCUT2D eigenvalue weighted by atomic mass is 10.1. The van der Waals surface area contributed by atoms with E-state index in [1.54, 1.807) is 4.90 Å². The van der Waals surface area contributed by atoms with Gasteiger partial charge in [0.15, 0.2) is 0 Å². The molecular formula is C26H27N5+2. The van der Waals surface area contributed by atoms with Gasteiger partial charge in [-0.3, -0.25) is 9.88 Å². The van der Waals surface area contributed by atoms with Gasteiger partial charge in [0.1, 0.15) is 48.8 Å². The minimum Gasteiger partial charge on any atom is -0.326 e. The van der Waals surface area contributed by atoms with Crippen molar-refractivity contribution in [2.75, 3.05) is 37.6 Å². The second-order valence-electron chi connectivity index (χ2n) is 8.25. The summed E-state index contributed by atoms with van der Waals surface area (Å²) in [5, 5.41) is 9.74. The maximum absolute atomic E-state index is 9.74. The van der Waals surface area contributed by atoms with Gasteiger partial charge in [-0.15, -0.1) is 0 Å². The summed E-state index contributed by atoms with van der Waals surface area (Å²) < 4.78 is 2.22. The summed E-state index contributed by atoms with van der Waals surface area (Å²) in [4.78, 5) is 7.54. The fourth-order valence-electron chi connectivity index (χ4n) is 4.56. The number of anilines is 1. The van der Waals surface area contributed by atoms with Gasteiger partial charge in [0.25, 0.3) is 0 Å². The minimum absolute atomic E-state index is 0.718. The Balaban J connectivity index is 1.39. The van der Waals surface area contributed by atoms with Gasteiger partial charge in [0.2, 0.25) is 11.5 Å². The number of hydrogen-bond donors (Lipinski definition) is 2. The fourth-order valence-corrected chi connectivity index (χ4v) is 4.56. The third kappa shape index (κ3) is 3.67. The summed E-state index contributed by atoms with van der Waals surface area (Å²) in [6, 6.07) is 23.3. The molecule has 5 rings (SSSR count). The normalized spacial score (nSPS) is 15.2. The average Bonchev–Trinajstić information content (AvgIpc) is 3.19. The standard InChI is InChI=1S/C26H25N5/c1-20-18-25(31-24-12-6-5-11-23(24)28-26(31)22(20)19-27)30-16-14-29(15-17-30)13-7-10-21-8-3-2-4-9-21/h2-12,18H,13-17H2,1H3/p+2. The molecule has 0 bridgehead atoms. The van der Waals surface area contributed by atoms with E-state index >= 15 is 0 Å². The second-order valence-corrected chi connectivity index (χ2v) is 8.25. The molecule has 4 aromatic rings. The molecular weight excluding hydrogens is 382 g/mol. The van der Waals surface area contributed by atoms with Gasteiger partial charge in [-0.1, -0.05) is 48.5 Å². The van der Waals surface area contributed by atoms with Crippen LogP contribution in [0.15, 0.2) is 66.7 Å². The van der Waals surface area contributed by atoms with E-state index in [4.69, 9.17) is 0 Å². The molecule has 31 heavy (non-hydrogen) atoms. The molecule has 0 spiro atoms. The highest BCUT2D eigenvalue weighted by Gasteiger charge is 2.28. The molecule has 0 aliphatic carbocycles. The Labute approximate surface area is 182 Å². The molecule has 2 aromatic heterocycles. The number of nitrogens with zero attached hydrogens (tertiary/aromatic N) is 3. The molecule has 0 amide bonds. The first-order valence-corrected chi connectivity index (χ1v) is 10.9. The summed E-state index contributed by atoms with van der Waals surface area (Å²) in [5.41, 5.74) is 6.05. The van der Waals surface area contributed by atoms with Crippen molar-refractivity contribution in [2.45, 2.75) is 6.92 Å². The van der Waals surface area contributed by atoms with Crippen molar-refractivity contribution in [3.8, 4) is 6.07 Å². The van der Waals surface area contributed by atoms with Gasteiger partial charge < -0.3 is 4.90 Å². The number of aryl methyl sites for hydroxylation is 1. The predicted molar refractivity (Wildman–Crippen MR) is 124 cm³/mol. The van der Waals surface area contributed by atoms with Crippen molar-refractivity contribution < 1.29 is 9.30 Å². The molecule has 154 valence electrons. The van der Waals surface area contributed by atoms with E-state index < -0.39 is 0 Å². The molecule has 0 unspecified atom stereocenters. The first kappa shape index (κ1) is 19.3. The summed E-state index contributed by atoms with van der Waals surface area (Å²) in [6.07, 6.45) is 4.51. The number of piperazine rings is 1. The van der Waals surface area contributed by atoms with Crippen LogP contribution in [0.2, 0.25) is 0 Å². The lowest BCUT2D eigenvalue weighted by molar-refractivity contribution is -0.894. The van der Waals surface area contributed by atoms with Crippen LogP contribution in [-0.2, 0) is 0 Å². The van der Waals surface area contributed by atoms with E-state index in [-0.39, 0.29) is 0 Å². The van der Waals surface area contributed by atoms with E-state index in [1.807, 2.05) is 13.0 Å². The number of aromatic nitrogens is 2. The first-order chi connectivity index (χ1) is 15.2. The number of quaternary nitrogens is 1. The van der Waals surface area contributed by atoms with Crippen molar-refractivity contribution in [3.05, 3.63) is 83.4 Å². The number of benzene rings is 2. The Morgan fingerprint density at radius 2 is 1.84 bits per heavy atom. The molecule has 0 saturated carbocycles. The summed E-state index contributed by atoms with van der Waals surface area (Å²) >= 11 is 0. The van der Waals surface area contributed by atoms with Crippen molar-refractivity contribution in [1.82, 2.24) is 4.98 Å². The third-order valence-corrected chi connectivity index (χ3v) is 6.25. The van der Waals surface area contributed by atoms with Crippen LogP contribution in [0.5, 0.6) is 0 Å². The number of imidazole rings is 1. The zero-order valence-corrected chi connectivity index (χ0v) is 17.8. The number of pyridine rings is 1. The van der Waals surface area contributed by atoms with Crippen LogP contribution < -0.4 is 14.2 Å². The molecule has 2 N–H and O–H groups in total. The van der Waals surface area contributed by atoms with Gasteiger partial charge in [0, 0.05) is 6.07 Å². The third-order valence-electron chi connectivity index (χ3n) is 6.25. The highest BCUT2D eigenvalue weighted by Crippen LogP contribution is 2.22. The molecule has 2 aromatic carbocycles. The minimum atomic E-state index is 0.718. The Morgan fingerprint density at radius 3 is 2.61 bits per heavy atom. The smallest absolute Gasteiger partial charge is 0.250 e. The van der Waals surface area contributed by atoms with Crippen molar-refractivity contribution in [1.29, 1.82) is 5.26 Å². The number of rotatable bonds is 4. The number of fused-ring (bicyclic) bond motifs is 3. The number of nitriles is 1. The van der Waals surface area contributed by atoms with Gasteiger partial charge in [-0.25, -0.2) is 0 Å². The molecule has 5 heteroatoms. The first-order valence-electron chi connectivity index (χ1n) is 10.9. The quantitative estimate of drug-likeness (QED) is 0.509. The molecule has 1 fully saturated rings. The molecule has 0 radical (unpaired) electrons. The predicted octanol–water partition coefficient (Wildman–Crippen LogP) is 2.50. The molecule has 3 heterocycles. The molecule has 5 nitrogen and oxygen atoms in total. The van der Waals surface area contributed by atoms with Crippen LogP contribution in [0.25, 0.3) is 22.8 Å². The molecule has 1 saturated heterocycles. The molecule has 1 aliphatic rings. The Hall–Kier alpha value is -3.62. The number of para-hydroxylation sites is 2. The summed E-state index contributed by atoms with van der Waals surface area (Å²) in [6.45, 7) is 7.28. The second kappa shape index (κ2) is 8.25. The fraction of sp³-hybridized carbons (Fsp3) is 0.231. The van der Waals surface area contributed by atoms with Crippen molar-refractivity contribution in [2.24, 2.45) is 0 Å². The van der Waals surface area contributed by atoms with Crippen molar-refractivity contribution in [3.63, 3.8) is 0 Å². The van der Waals surface area contributed by atoms with Gasteiger partial charge >= 0.3 is 0 Å². The van der Waals surface area contributed by atoms with Crippen LogP contribution in [0, 0.1) is 18.3 Å². The van der Waals surface area contributed by atoms with E-state index in [1.165, 1.54) is 11.4 Å². The lowest BCUT2D eigenvalue weighted by Crippen LogP contribution is -3.14. The number of nitrogens with one attached hydrogen (secondary N) is 2. The van der Waals surface area contributed by atoms with E-state index in [0.29, 0.717) is 0 Å². The van der Waals surface area contributed by atoms with Gasteiger partial charge in [-0.2, -0.15) is 9.66 Å². The topological polar surface area (TPSA) is 51.4 Å². The lowest BCUT2D eigenvalue weighted by Gasteiger charge is -2.29. The van der Waals surface area contributed by atoms with E-state index in [2.05, 4.69) is 87.1 Å². The average molecular weight is 410 g/mol. The Bertz CT molecular complexity index is 1290. The van der Waals surface area contributed by atoms with E-state index in [9.17, 15) is 5.26 Å². The maximum atomic E-state index is 9.74. The number of H-pyrrole nitrogens is 1.